The number of fused-ring (bicyclic) bond motifs is 6. The molecule has 0 aliphatic heterocycles. The minimum atomic E-state index is 0. The van der Waals surface area contributed by atoms with Gasteiger partial charge in [0.15, 0.2) is 0 Å². The molecule has 0 radical (unpaired) electrons. The minimum absolute atomic E-state index is 0. The Kier molecular flexibility index (Phi) is 30.7. The summed E-state index contributed by atoms with van der Waals surface area (Å²) in [5.41, 5.74) is 18.1. The number of nitrogens with zero attached hydrogens (tertiary/aromatic N) is 6. The second kappa shape index (κ2) is 40.1. The first-order chi connectivity index (χ1) is 47.3. The fraction of sp³-hybridized carbons (Fsp3) is 0.0930. The summed E-state index contributed by atoms with van der Waals surface area (Å²) in [6, 6.07) is 106. The predicted octanol–water partition coefficient (Wildman–Crippen LogP) is 20.8. The summed E-state index contributed by atoms with van der Waals surface area (Å²) in [6.07, 6.45) is 10.9. The molecule has 0 amide bonds. The number of pyridine rings is 6. The Morgan fingerprint density at radius 3 is 1.00 bits per heavy atom. The Morgan fingerprint density at radius 1 is 0.286 bits per heavy atom. The zero-order valence-electron chi connectivity index (χ0n) is 55.2. The molecule has 8 aromatic carbocycles. The van der Waals surface area contributed by atoms with Gasteiger partial charge in [-0.25, -0.2) is 0 Å². The van der Waals surface area contributed by atoms with Crippen molar-refractivity contribution >= 4 is 43.9 Å². The standard InChI is InChI=1S/C20H17NO.C20H16NO.4C11H8N.2CH4O.2Ir/c2*1-13(2)14-10-11-21-18(12-14)17-8-5-7-16-15-6-3-4-9-19(15)22-20(16)17;4*1-2-6-10(7-3-1)11-8-4-5-9-12-11;2*1-2;;/h3-13H,1-2H3;3-7,9-13H,1-2H3;4*1-6,8-9H;2*2H,1H3;;/q;5*-1;;;2*+3. The molecule has 0 spiro atoms. The number of rotatable bonds is 8. The molecule has 0 saturated heterocycles. The van der Waals surface area contributed by atoms with Crippen molar-refractivity contribution in [3.63, 3.8) is 0 Å². The third kappa shape index (κ3) is 20.7. The number of aliphatic hydroxyl groups excluding tert-OH is 2. The fourth-order valence-electron chi connectivity index (χ4n) is 10.0. The van der Waals surface area contributed by atoms with E-state index in [0.717, 1.165) is 126 Å². The number of hydrogen-bond donors (Lipinski definition) is 2. The summed E-state index contributed by atoms with van der Waals surface area (Å²) < 4.78 is 12.2. The SMILES string of the molecule is CC(C)c1ccnc(-c2[c-]ccc3c2oc2ccccc23)c1.CC(C)c1ccnc(-c2cccc3c2oc2ccccc23)c1.CO.CO.[Ir+3].[Ir+3].[c-]1ccccc1-c1ccccn1.[c-]1ccccc1-c1ccccn1.[c-]1ccccc1-c1ccccn1.[c-]1ccccc1-c1ccccn1. The van der Waals surface area contributed by atoms with Crippen LogP contribution in [-0.4, -0.2) is 54.3 Å². The Hall–Kier alpha value is -10.5. The van der Waals surface area contributed by atoms with E-state index in [2.05, 4.69) is 149 Å². The first-order valence-electron chi connectivity index (χ1n) is 31.4. The number of aliphatic hydroxyl groups is 2. The van der Waals surface area contributed by atoms with Crippen LogP contribution in [0.15, 0.2) is 319 Å². The van der Waals surface area contributed by atoms with Gasteiger partial charge in [-0.2, -0.15) is 0 Å². The van der Waals surface area contributed by atoms with Gasteiger partial charge < -0.3 is 44.0 Å². The van der Waals surface area contributed by atoms with Gasteiger partial charge in [0.25, 0.3) is 0 Å². The van der Waals surface area contributed by atoms with E-state index in [-0.39, 0.29) is 40.2 Å². The van der Waals surface area contributed by atoms with E-state index in [1.165, 1.54) is 11.1 Å². The van der Waals surface area contributed by atoms with Crippen molar-refractivity contribution in [2.75, 3.05) is 14.2 Å². The molecule has 0 bridgehead atoms. The average molecular weight is 1640 g/mol. The van der Waals surface area contributed by atoms with E-state index >= 15 is 0 Å². The van der Waals surface area contributed by atoms with Gasteiger partial charge in [0.05, 0.1) is 11.3 Å². The maximum Gasteiger partial charge on any atom is 3.00 e. The van der Waals surface area contributed by atoms with E-state index in [0.29, 0.717) is 11.8 Å². The largest absolute Gasteiger partial charge is 3.00 e. The van der Waals surface area contributed by atoms with Crippen LogP contribution in [0.25, 0.3) is 111 Å². The average Bonchev–Trinajstić information content (AvgIpc) is 1.62. The van der Waals surface area contributed by atoms with Crippen LogP contribution in [0.5, 0.6) is 0 Å². The molecule has 0 fully saturated rings. The molecule has 16 aromatic rings. The van der Waals surface area contributed by atoms with Crippen LogP contribution in [0.1, 0.15) is 50.7 Å². The molecule has 0 atom stereocenters. The Balaban J connectivity index is 0.000000167. The predicted molar refractivity (Wildman–Crippen MR) is 391 cm³/mol. The molecule has 8 heterocycles. The zero-order chi connectivity index (χ0) is 67.1. The molecule has 0 saturated carbocycles. The van der Waals surface area contributed by atoms with Crippen LogP contribution in [-0.2, 0) is 40.2 Å². The number of aromatic nitrogens is 6. The van der Waals surface area contributed by atoms with Gasteiger partial charge in [0, 0.05) is 73.1 Å². The quantitative estimate of drug-likeness (QED) is 0.141. The van der Waals surface area contributed by atoms with Crippen molar-refractivity contribution in [1.82, 2.24) is 29.9 Å². The molecule has 10 nitrogen and oxygen atoms in total. The third-order valence-electron chi connectivity index (χ3n) is 14.8. The number of para-hydroxylation sites is 3. The number of benzene rings is 8. The van der Waals surface area contributed by atoms with Crippen molar-refractivity contribution in [1.29, 1.82) is 0 Å². The van der Waals surface area contributed by atoms with E-state index in [4.69, 9.17) is 19.0 Å². The summed E-state index contributed by atoms with van der Waals surface area (Å²) in [4.78, 5) is 25.9. The van der Waals surface area contributed by atoms with Gasteiger partial charge in [-0.05, 0) is 107 Å². The van der Waals surface area contributed by atoms with Crippen molar-refractivity contribution in [3.05, 3.63) is 352 Å². The van der Waals surface area contributed by atoms with Crippen LogP contribution in [0.2, 0.25) is 0 Å². The topological polar surface area (TPSA) is 144 Å². The molecule has 2 N–H and O–H groups in total. The van der Waals surface area contributed by atoms with E-state index in [1.807, 2.05) is 225 Å². The van der Waals surface area contributed by atoms with E-state index in [1.54, 1.807) is 24.8 Å². The van der Waals surface area contributed by atoms with E-state index < -0.39 is 0 Å². The first-order valence-corrected chi connectivity index (χ1v) is 31.4. The van der Waals surface area contributed by atoms with Crippen LogP contribution in [0, 0.1) is 30.3 Å². The Labute approximate surface area is 601 Å². The zero-order valence-corrected chi connectivity index (χ0v) is 60.0. The van der Waals surface area contributed by atoms with Crippen LogP contribution < -0.4 is 0 Å². The second-order valence-electron chi connectivity index (χ2n) is 21.7. The monoisotopic (exact) mass is 1640 g/mol. The van der Waals surface area contributed by atoms with Gasteiger partial charge >= 0.3 is 40.2 Å². The van der Waals surface area contributed by atoms with Gasteiger partial charge in [-0.3, -0.25) is 4.98 Å². The molecule has 0 unspecified atom stereocenters. The number of furan rings is 2. The summed E-state index contributed by atoms with van der Waals surface area (Å²) in [5.74, 6) is 0.952. The molecule has 0 aliphatic rings. The second-order valence-corrected chi connectivity index (χ2v) is 21.7. The third-order valence-corrected chi connectivity index (χ3v) is 14.8. The number of hydrogen-bond acceptors (Lipinski definition) is 10. The summed E-state index contributed by atoms with van der Waals surface area (Å²) in [7, 11) is 2.00. The van der Waals surface area contributed by atoms with Crippen molar-refractivity contribution in [2.24, 2.45) is 0 Å². The maximum absolute atomic E-state index is 7.00. The maximum atomic E-state index is 7.00. The Morgan fingerprint density at radius 2 is 0.622 bits per heavy atom. The minimum Gasteiger partial charge on any atom is -0.501 e. The molecule has 8 aromatic heterocycles. The summed E-state index contributed by atoms with van der Waals surface area (Å²) >= 11 is 0. The van der Waals surface area contributed by atoms with Crippen LogP contribution in [0.3, 0.4) is 0 Å². The first kappa shape index (κ1) is 74.9. The summed E-state index contributed by atoms with van der Waals surface area (Å²) in [6.45, 7) is 8.76. The van der Waals surface area contributed by atoms with Crippen molar-refractivity contribution in [2.45, 2.75) is 39.5 Å². The molecule has 98 heavy (non-hydrogen) atoms. The summed E-state index contributed by atoms with van der Waals surface area (Å²) in [5, 5.41) is 18.5. The van der Waals surface area contributed by atoms with Gasteiger partial charge in [-0.1, -0.05) is 147 Å². The fourth-order valence-corrected chi connectivity index (χ4v) is 10.0. The van der Waals surface area contributed by atoms with Crippen molar-refractivity contribution in [3.8, 4) is 67.5 Å². The van der Waals surface area contributed by atoms with Gasteiger partial charge in [0.2, 0.25) is 0 Å². The Bertz CT molecular complexity index is 4250. The van der Waals surface area contributed by atoms with Crippen LogP contribution >= 0.6 is 0 Å². The van der Waals surface area contributed by atoms with E-state index in [9.17, 15) is 0 Å². The smallest absolute Gasteiger partial charge is 0.501 e. The van der Waals surface area contributed by atoms with Gasteiger partial charge in [0.1, 0.15) is 16.7 Å². The van der Waals surface area contributed by atoms with Crippen LogP contribution in [0.4, 0.5) is 0 Å². The van der Waals surface area contributed by atoms with Gasteiger partial charge in [-0.15, -0.1) is 162 Å². The van der Waals surface area contributed by atoms with Crippen molar-refractivity contribution < 1.29 is 59.3 Å². The molecule has 488 valence electrons. The molecule has 12 heteroatoms. The molecular formula is C86H73Ir2N6O4+. The molecule has 16 rings (SSSR count). The molecular weight excluding hydrogens is 1570 g/mol. The molecule has 0 aliphatic carbocycles. The normalized spacial score (nSPS) is 10.1.